The third-order valence-electron chi connectivity index (χ3n) is 1.88. The largest absolute Gasteiger partial charge is 0.295 e. The van der Waals surface area contributed by atoms with Gasteiger partial charge in [-0.2, -0.15) is 8.42 Å². The number of nitrogens with zero attached hydrogens (tertiary/aromatic N) is 1. The fraction of sp³-hybridized carbons (Fsp3) is 0. The molecule has 6 heteroatoms. The summed E-state index contributed by atoms with van der Waals surface area (Å²) in [4.78, 5) is 3.87. The maximum atomic E-state index is 11.0. The highest BCUT2D eigenvalue weighted by Crippen LogP contribution is 2.20. The van der Waals surface area contributed by atoms with Crippen molar-refractivity contribution >= 4 is 45.0 Å². The van der Waals surface area contributed by atoms with E-state index in [-0.39, 0.29) is 28.9 Å². The fourth-order valence-electron chi connectivity index (χ4n) is 1.30. The summed E-state index contributed by atoms with van der Waals surface area (Å²) in [5, 5.41) is 0.428. The van der Waals surface area contributed by atoms with Gasteiger partial charge in [0, 0.05) is 11.6 Å². The average molecular weight is 337 g/mol. The molecular weight excluding hydrogens is 329 g/mol. The Hall–Kier alpha value is -0.730. The van der Waals surface area contributed by atoms with Crippen molar-refractivity contribution in [3.8, 4) is 0 Å². The van der Waals surface area contributed by atoms with Crippen LogP contribution in [0.3, 0.4) is 0 Å². The van der Waals surface area contributed by atoms with Gasteiger partial charge in [0.05, 0.1) is 5.52 Å². The minimum absolute atomic E-state index is 0. The van der Waals surface area contributed by atoms with Gasteiger partial charge in [0.15, 0.2) is 0 Å². The number of benzene rings is 1. The second-order valence-corrected chi connectivity index (χ2v) is 4.19. The quantitative estimate of drug-likeness (QED) is 0.639. The van der Waals surface area contributed by atoms with Gasteiger partial charge in [-0.15, -0.1) is 24.0 Å². The van der Waals surface area contributed by atoms with Crippen molar-refractivity contribution < 1.29 is 13.0 Å². The van der Waals surface area contributed by atoms with E-state index < -0.39 is 10.1 Å². The SMILES string of the molecule is I.O=S(=O)(O)c1cccc2ncccc12. The maximum absolute atomic E-state index is 11.0. The zero-order chi connectivity index (χ0) is 10.2. The molecule has 0 aliphatic carbocycles. The smallest absolute Gasteiger partial charge is 0.282 e. The summed E-state index contributed by atoms with van der Waals surface area (Å²) < 4.78 is 30.9. The molecule has 1 aromatic carbocycles. The van der Waals surface area contributed by atoms with Gasteiger partial charge in [0.2, 0.25) is 0 Å². The zero-order valence-corrected chi connectivity index (χ0v) is 10.6. The number of aromatic nitrogens is 1. The van der Waals surface area contributed by atoms with Crippen LogP contribution >= 0.6 is 24.0 Å². The Bertz CT molecular complexity index is 577. The molecule has 0 amide bonds. The summed E-state index contributed by atoms with van der Waals surface area (Å²) in [6, 6.07) is 7.80. The molecule has 1 N–H and O–H groups in total. The normalized spacial score (nSPS) is 11.0. The molecular formula is C9H8INO3S. The van der Waals surface area contributed by atoms with Crippen LogP contribution in [0.5, 0.6) is 0 Å². The van der Waals surface area contributed by atoms with Crippen LogP contribution in [0.1, 0.15) is 0 Å². The molecule has 0 spiro atoms. The molecule has 0 unspecified atom stereocenters. The maximum Gasteiger partial charge on any atom is 0.295 e. The first-order chi connectivity index (χ1) is 6.59. The van der Waals surface area contributed by atoms with Crippen molar-refractivity contribution in [2.75, 3.05) is 0 Å². The molecule has 0 aliphatic rings. The lowest BCUT2D eigenvalue weighted by atomic mass is 10.2. The topological polar surface area (TPSA) is 67.3 Å². The van der Waals surface area contributed by atoms with E-state index in [1.54, 1.807) is 30.5 Å². The second kappa shape index (κ2) is 4.42. The summed E-state index contributed by atoms with van der Waals surface area (Å²) in [7, 11) is -4.17. The lowest BCUT2D eigenvalue weighted by Gasteiger charge is -2.01. The predicted octanol–water partition coefficient (Wildman–Crippen LogP) is 2.10. The molecule has 0 saturated heterocycles. The fourth-order valence-corrected chi connectivity index (χ4v) is 2.00. The van der Waals surface area contributed by atoms with Crippen LogP contribution in [0.2, 0.25) is 0 Å². The van der Waals surface area contributed by atoms with Crippen molar-refractivity contribution in [1.29, 1.82) is 0 Å². The average Bonchev–Trinajstić information content (AvgIpc) is 2.15. The van der Waals surface area contributed by atoms with E-state index in [9.17, 15) is 8.42 Å². The van der Waals surface area contributed by atoms with E-state index in [4.69, 9.17) is 4.55 Å². The van der Waals surface area contributed by atoms with Crippen LogP contribution in [0, 0.1) is 0 Å². The van der Waals surface area contributed by atoms with Crippen LogP contribution in [-0.4, -0.2) is 18.0 Å². The van der Waals surface area contributed by atoms with Crippen LogP contribution < -0.4 is 0 Å². The summed E-state index contributed by atoms with van der Waals surface area (Å²) in [6.45, 7) is 0. The first kappa shape index (κ1) is 12.3. The summed E-state index contributed by atoms with van der Waals surface area (Å²) >= 11 is 0. The van der Waals surface area contributed by atoms with Crippen molar-refractivity contribution in [3.63, 3.8) is 0 Å². The van der Waals surface area contributed by atoms with Gasteiger partial charge >= 0.3 is 0 Å². The van der Waals surface area contributed by atoms with E-state index in [1.165, 1.54) is 6.07 Å². The Labute approximate surface area is 104 Å². The molecule has 2 aromatic rings. The number of halogens is 1. The monoisotopic (exact) mass is 337 g/mol. The Morgan fingerprint density at radius 2 is 1.87 bits per heavy atom. The number of pyridine rings is 1. The van der Waals surface area contributed by atoms with Crippen LogP contribution in [-0.2, 0) is 10.1 Å². The molecule has 0 fully saturated rings. The van der Waals surface area contributed by atoms with Crippen LogP contribution in [0.4, 0.5) is 0 Å². The van der Waals surface area contributed by atoms with Gasteiger partial charge in [-0.1, -0.05) is 6.07 Å². The first-order valence-electron chi connectivity index (χ1n) is 3.90. The molecule has 4 nitrogen and oxygen atoms in total. The number of hydrogen-bond acceptors (Lipinski definition) is 3. The lowest BCUT2D eigenvalue weighted by molar-refractivity contribution is 0.484. The Kier molecular flexibility index (Phi) is 3.63. The first-order valence-corrected chi connectivity index (χ1v) is 5.34. The highest BCUT2D eigenvalue weighted by atomic mass is 127. The van der Waals surface area contributed by atoms with Crippen LogP contribution in [0.15, 0.2) is 41.4 Å². The highest BCUT2D eigenvalue weighted by molar-refractivity contribution is 14.0. The van der Waals surface area contributed by atoms with E-state index in [0.29, 0.717) is 10.9 Å². The minimum atomic E-state index is -4.17. The van der Waals surface area contributed by atoms with Crippen molar-refractivity contribution in [2.24, 2.45) is 0 Å². The molecule has 0 aliphatic heterocycles. The molecule has 0 saturated carbocycles. The molecule has 1 heterocycles. The van der Waals surface area contributed by atoms with Gasteiger partial charge in [-0.3, -0.25) is 9.54 Å². The van der Waals surface area contributed by atoms with Crippen molar-refractivity contribution in [2.45, 2.75) is 4.90 Å². The molecule has 1 aromatic heterocycles. The molecule has 0 atom stereocenters. The van der Waals surface area contributed by atoms with Crippen LogP contribution in [0.25, 0.3) is 10.9 Å². The number of fused-ring (bicyclic) bond motifs is 1. The van der Waals surface area contributed by atoms with Gasteiger partial charge in [-0.05, 0) is 24.3 Å². The third-order valence-corrected chi connectivity index (χ3v) is 2.80. The summed E-state index contributed by atoms with van der Waals surface area (Å²) in [5.41, 5.74) is 0.544. The van der Waals surface area contributed by atoms with Gasteiger partial charge in [0.25, 0.3) is 10.1 Å². The Morgan fingerprint density at radius 1 is 1.13 bits per heavy atom. The van der Waals surface area contributed by atoms with E-state index in [1.807, 2.05) is 0 Å². The summed E-state index contributed by atoms with van der Waals surface area (Å²) in [6.07, 6.45) is 1.57. The summed E-state index contributed by atoms with van der Waals surface area (Å²) in [5.74, 6) is 0. The van der Waals surface area contributed by atoms with E-state index in [0.717, 1.165) is 0 Å². The lowest BCUT2D eigenvalue weighted by Crippen LogP contribution is -1.98. The molecule has 0 bridgehead atoms. The highest BCUT2D eigenvalue weighted by Gasteiger charge is 2.12. The Morgan fingerprint density at radius 3 is 2.53 bits per heavy atom. The van der Waals surface area contributed by atoms with E-state index in [2.05, 4.69) is 4.98 Å². The Balaban J connectivity index is 0.00000112. The van der Waals surface area contributed by atoms with Gasteiger partial charge in [-0.25, -0.2) is 0 Å². The number of hydrogen-bond donors (Lipinski definition) is 1. The zero-order valence-electron chi connectivity index (χ0n) is 7.49. The molecule has 15 heavy (non-hydrogen) atoms. The minimum Gasteiger partial charge on any atom is -0.282 e. The third kappa shape index (κ3) is 2.44. The van der Waals surface area contributed by atoms with E-state index >= 15 is 0 Å². The van der Waals surface area contributed by atoms with Crippen molar-refractivity contribution in [1.82, 2.24) is 4.98 Å². The van der Waals surface area contributed by atoms with Gasteiger partial charge in [0.1, 0.15) is 4.90 Å². The molecule has 80 valence electrons. The van der Waals surface area contributed by atoms with Gasteiger partial charge < -0.3 is 0 Å². The molecule has 2 rings (SSSR count). The predicted molar refractivity (Wildman–Crippen MR) is 67.0 cm³/mol. The van der Waals surface area contributed by atoms with Crippen molar-refractivity contribution in [3.05, 3.63) is 36.5 Å². The molecule has 0 radical (unpaired) electrons. The second-order valence-electron chi connectivity index (χ2n) is 2.80. The number of rotatable bonds is 1. The standard InChI is InChI=1S/C9H7NO3S.HI/c11-14(12,13)9-5-1-4-8-7(9)3-2-6-10-8;/h1-6H,(H,11,12,13);1H.